The number of hydrogen-bond acceptors (Lipinski definition) is 13. The molecule has 3 aromatic heterocycles. The Morgan fingerprint density at radius 2 is 2.11 bits per heavy atom. The molecule has 3 atom stereocenters. The lowest BCUT2D eigenvalue weighted by Crippen LogP contribution is -2.71. The number of nitrogens with two attached hydrogens (primary N) is 1. The summed E-state index contributed by atoms with van der Waals surface area (Å²) in [6.45, 7) is 2.82. The molecule has 20 heteroatoms. The summed E-state index contributed by atoms with van der Waals surface area (Å²) in [5.74, 6) is -3.33. The fourth-order valence-corrected chi connectivity index (χ4v) is 6.81. The molecule has 0 aromatic carbocycles. The van der Waals surface area contributed by atoms with E-state index >= 15 is 0 Å². The molecule has 8 N–H and O–H groups in total. The average molecular weight is 680 g/mol. The molecule has 45 heavy (non-hydrogen) atoms. The zero-order chi connectivity index (χ0) is 32.4. The fraction of sp³-hybridized carbons (Fsp3) is 0.360. The van der Waals surface area contributed by atoms with Gasteiger partial charge in [-0.3, -0.25) is 14.5 Å². The van der Waals surface area contributed by atoms with E-state index in [1.807, 2.05) is 13.1 Å². The lowest BCUT2D eigenvalue weighted by molar-refractivity contribution is -0.687. The molecule has 5 rings (SSSR count). The number of carbonyl (C=O) groups excluding carboxylic acids is 2. The molecule has 0 bridgehead atoms. The number of carboxylic acid groups (broad SMARTS) is 2. The first kappa shape index (κ1) is 31.9. The molecule has 1 unspecified atom stereocenters. The summed E-state index contributed by atoms with van der Waals surface area (Å²) >= 11 is 8.30. The van der Waals surface area contributed by atoms with Gasteiger partial charge in [0.05, 0.1) is 5.52 Å². The normalized spacial score (nSPS) is 18.8. The second-order valence-corrected chi connectivity index (χ2v) is 12.6. The minimum atomic E-state index is -1.41. The number of pyridine rings is 1. The number of rotatable bonds is 13. The molecular formula is C25H28ClN10O7S2+. The third-order valence-electron chi connectivity index (χ3n) is 6.75. The molecule has 2 aliphatic rings. The van der Waals surface area contributed by atoms with Gasteiger partial charge in [0.2, 0.25) is 12.1 Å². The number of β-lactam (4-membered cyclic amide) rings is 1. The zero-order valence-electron chi connectivity index (χ0n) is 23.7. The average Bonchev–Trinajstić information content (AvgIpc) is 3.56. The number of H-pyrrole nitrogens is 1. The number of aliphatic carboxylic acids is 2. The van der Waals surface area contributed by atoms with E-state index in [4.69, 9.17) is 27.3 Å². The van der Waals surface area contributed by atoms with Crippen molar-refractivity contribution in [3.63, 3.8) is 0 Å². The Labute approximate surface area is 267 Å². The molecule has 0 spiro atoms. The van der Waals surface area contributed by atoms with Crippen LogP contribution in [0.25, 0.3) is 11.0 Å². The standard InChI is InChI=1S/C25H27ClN10O7S2/c1-10(22(39)40)43-34-15(14-18(26)45-24(27)33-14)19(37)32-16-20(38)36-17(23(41)42)11(9-44-21(16)36)7-35-6-3-12-13(8-35)31-25(30-12)29-5-4-28-2/h3,6,8,10,16,21,28H,4-5,7,9H2,1-2H3,(H6,27,29,31,32,33,37,39,40,41,42)/p+1/b34-15-/t10-,16+,21?/m0/s1. The van der Waals surface area contributed by atoms with Crippen LogP contribution >= 0.6 is 34.7 Å². The third-order valence-corrected chi connectivity index (χ3v) is 9.17. The molecule has 3 aromatic rings. The van der Waals surface area contributed by atoms with Crippen LogP contribution in [0.5, 0.6) is 0 Å². The molecule has 0 saturated carbocycles. The number of aromatic nitrogens is 4. The molecule has 5 heterocycles. The smallest absolute Gasteiger partial charge is 0.352 e. The van der Waals surface area contributed by atoms with Crippen molar-refractivity contribution in [3.8, 4) is 0 Å². The van der Waals surface area contributed by atoms with Crippen molar-refractivity contribution in [3.05, 3.63) is 39.8 Å². The summed E-state index contributed by atoms with van der Waals surface area (Å²) < 4.78 is 1.78. The maximum Gasteiger partial charge on any atom is 0.352 e. The molecule has 2 amide bonds. The predicted molar refractivity (Wildman–Crippen MR) is 165 cm³/mol. The summed E-state index contributed by atoms with van der Waals surface area (Å²) in [7, 11) is 1.85. The van der Waals surface area contributed by atoms with Crippen molar-refractivity contribution in [2.24, 2.45) is 5.16 Å². The number of thioether (sulfide) groups is 1. The Hall–Kier alpha value is -4.46. The van der Waals surface area contributed by atoms with Crippen LogP contribution in [0.15, 0.2) is 34.9 Å². The molecule has 1 fully saturated rings. The first-order valence-corrected chi connectivity index (χ1v) is 15.6. The molecule has 2 aliphatic heterocycles. The van der Waals surface area contributed by atoms with Crippen molar-refractivity contribution in [2.45, 2.75) is 31.0 Å². The fourth-order valence-electron chi connectivity index (χ4n) is 4.55. The number of nitrogens with one attached hydrogen (secondary N) is 4. The maximum absolute atomic E-state index is 13.3. The topological polar surface area (TPSA) is 241 Å². The minimum Gasteiger partial charge on any atom is -0.478 e. The van der Waals surface area contributed by atoms with Crippen LogP contribution in [0.2, 0.25) is 4.34 Å². The number of oxime groups is 1. The summed E-state index contributed by atoms with van der Waals surface area (Å²) in [5.41, 5.74) is 6.85. The SMILES string of the molecule is CNCCNc1nc2c[n+](CC3=C(C(=O)O)N4C(=O)[C@@H](NC(=O)/C(=N\O[C@@H](C)C(=O)O)c5nc(N)sc5Cl)C4SC3)ccc2[nH]1. The third kappa shape index (κ3) is 6.65. The van der Waals surface area contributed by atoms with Crippen LogP contribution in [0.3, 0.4) is 0 Å². The Kier molecular flexibility index (Phi) is 9.42. The van der Waals surface area contributed by atoms with Crippen LogP contribution in [-0.4, -0.2) is 103 Å². The van der Waals surface area contributed by atoms with Gasteiger partial charge in [0.1, 0.15) is 27.1 Å². The van der Waals surface area contributed by atoms with Crippen molar-refractivity contribution in [1.82, 2.24) is 30.5 Å². The second-order valence-electron chi connectivity index (χ2n) is 9.85. The number of fused-ring (bicyclic) bond motifs is 2. The van der Waals surface area contributed by atoms with Crippen molar-refractivity contribution < 1.29 is 38.8 Å². The van der Waals surface area contributed by atoms with Gasteiger partial charge >= 0.3 is 11.9 Å². The number of nitrogen functional groups attached to an aromatic ring is 1. The summed E-state index contributed by atoms with van der Waals surface area (Å²) in [4.78, 5) is 67.9. The van der Waals surface area contributed by atoms with Gasteiger partial charge in [-0.25, -0.2) is 19.6 Å². The highest BCUT2D eigenvalue weighted by Gasteiger charge is 2.55. The van der Waals surface area contributed by atoms with Crippen LogP contribution < -0.4 is 26.3 Å². The zero-order valence-corrected chi connectivity index (χ0v) is 26.1. The highest BCUT2D eigenvalue weighted by Crippen LogP contribution is 2.40. The monoisotopic (exact) mass is 679 g/mol. The van der Waals surface area contributed by atoms with E-state index in [0.717, 1.165) is 28.3 Å². The number of aromatic amines is 1. The van der Waals surface area contributed by atoms with E-state index in [1.54, 1.807) is 17.0 Å². The Morgan fingerprint density at radius 1 is 1.33 bits per heavy atom. The van der Waals surface area contributed by atoms with Gasteiger partial charge < -0.3 is 41.7 Å². The highest BCUT2D eigenvalue weighted by atomic mass is 35.5. The molecule has 0 radical (unpaired) electrons. The Bertz CT molecular complexity index is 1740. The molecule has 238 valence electrons. The number of likely N-dealkylation sites (N-methyl/N-ethyl adjacent to an activating group) is 1. The number of anilines is 2. The molecule has 17 nitrogen and oxygen atoms in total. The lowest BCUT2D eigenvalue weighted by atomic mass is 10.0. The first-order valence-electron chi connectivity index (χ1n) is 13.3. The van der Waals surface area contributed by atoms with E-state index in [1.165, 1.54) is 18.7 Å². The quantitative estimate of drug-likeness (QED) is 0.0408. The predicted octanol–water partition coefficient (Wildman–Crippen LogP) is -0.194. The van der Waals surface area contributed by atoms with E-state index in [-0.39, 0.29) is 33.2 Å². The van der Waals surface area contributed by atoms with Crippen molar-refractivity contribution >= 4 is 86.3 Å². The largest absolute Gasteiger partial charge is 0.478 e. The number of carbonyl (C=O) groups is 4. The van der Waals surface area contributed by atoms with Crippen molar-refractivity contribution in [1.29, 1.82) is 0 Å². The Morgan fingerprint density at radius 3 is 2.78 bits per heavy atom. The number of thiazole rings is 1. The first-order chi connectivity index (χ1) is 21.5. The summed E-state index contributed by atoms with van der Waals surface area (Å²) in [5, 5.41) is 30.9. The van der Waals surface area contributed by atoms with Gasteiger partial charge in [-0.05, 0) is 14.0 Å². The van der Waals surface area contributed by atoms with Gasteiger partial charge in [-0.15, -0.1) is 11.8 Å². The van der Waals surface area contributed by atoms with Gasteiger partial charge in [-0.2, -0.15) is 4.57 Å². The van der Waals surface area contributed by atoms with Crippen LogP contribution in [0.1, 0.15) is 12.6 Å². The van der Waals surface area contributed by atoms with Gasteiger partial charge in [0, 0.05) is 30.5 Å². The number of nitrogens with zero attached hydrogens (tertiary/aromatic N) is 5. The lowest BCUT2D eigenvalue weighted by Gasteiger charge is -2.49. The number of carboxylic acids is 2. The highest BCUT2D eigenvalue weighted by molar-refractivity contribution is 8.00. The minimum absolute atomic E-state index is 0.00544. The van der Waals surface area contributed by atoms with E-state index in [0.29, 0.717) is 23.6 Å². The van der Waals surface area contributed by atoms with E-state index in [2.05, 4.69) is 36.1 Å². The van der Waals surface area contributed by atoms with Gasteiger partial charge in [-0.1, -0.05) is 28.1 Å². The summed E-state index contributed by atoms with van der Waals surface area (Å²) in [6, 6.07) is 0.714. The van der Waals surface area contributed by atoms with E-state index < -0.39 is 47.0 Å². The van der Waals surface area contributed by atoms with E-state index in [9.17, 15) is 24.3 Å². The molecule has 1 saturated heterocycles. The summed E-state index contributed by atoms with van der Waals surface area (Å²) in [6.07, 6.45) is 2.16. The van der Waals surface area contributed by atoms with Crippen LogP contribution in [-0.2, 0) is 30.6 Å². The second kappa shape index (κ2) is 13.3. The van der Waals surface area contributed by atoms with Crippen LogP contribution in [0.4, 0.5) is 11.1 Å². The van der Waals surface area contributed by atoms with Crippen LogP contribution in [0, 0.1) is 0 Å². The number of hydrogen-bond donors (Lipinski definition) is 7. The molecular weight excluding hydrogens is 652 g/mol. The maximum atomic E-state index is 13.3. The van der Waals surface area contributed by atoms with Crippen molar-refractivity contribution in [2.75, 3.05) is 36.9 Å². The number of amides is 2. The van der Waals surface area contributed by atoms with Gasteiger partial charge in [0.25, 0.3) is 11.8 Å². The van der Waals surface area contributed by atoms with Gasteiger partial charge in [0.15, 0.2) is 35.3 Å². The number of halogens is 1. The molecule has 0 aliphatic carbocycles. The Balaban J connectivity index is 1.33. The number of imidazole rings is 1.